The molecule has 2 heterocycles. The van der Waals surface area contributed by atoms with Crippen LogP contribution in [0, 0.1) is 5.92 Å². The second-order valence-electron chi connectivity index (χ2n) is 4.57. The predicted molar refractivity (Wildman–Crippen MR) is 65.2 cm³/mol. The summed E-state index contributed by atoms with van der Waals surface area (Å²) in [5.41, 5.74) is 0.650. The fourth-order valence-corrected chi connectivity index (χ4v) is 2.07. The van der Waals surface area contributed by atoms with Crippen LogP contribution in [0.15, 0.2) is 17.1 Å². The third kappa shape index (κ3) is 2.72. The lowest BCUT2D eigenvalue weighted by Crippen LogP contribution is -2.34. The number of rotatable bonds is 3. The van der Waals surface area contributed by atoms with Crippen LogP contribution in [-0.2, 0) is 11.3 Å². The average molecular weight is 235 g/mol. The maximum absolute atomic E-state index is 11.7. The van der Waals surface area contributed by atoms with Gasteiger partial charge in [-0.1, -0.05) is 6.92 Å². The Balaban J connectivity index is 2.14. The molecule has 1 aliphatic rings. The van der Waals surface area contributed by atoms with Gasteiger partial charge in [0.05, 0.1) is 11.9 Å². The molecule has 0 amide bonds. The van der Waals surface area contributed by atoms with Gasteiger partial charge in [-0.15, -0.1) is 0 Å². The number of carbonyl (C=O) groups excluding carboxylic acids is 1. The summed E-state index contributed by atoms with van der Waals surface area (Å²) in [7, 11) is 0. The normalized spacial score (nSPS) is 17.1. The molecule has 1 saturated heterocycles. The van der Waals surface area contributed by atoms with Crippen molar-refractivity contribution in [2.24, 2.45) is 5.92 Å². The van der Waals surface area contributed by atoms with E-state index in [4.69, 9.17) is 0 Å². The number of aldehydes is 1. The topological polar surface area (TPSA) is 55.2 Å². The van der Waals surface area contributed by atoms with Crippen LogP contribution in [0.4, 0.5) is 5.69 Å². The Hall–Kier alpha value is -1.65. The number of hydrogen-bond donors (Lipinski definition) is 0. The summed E-state index contributed by atoms with van der Waals surface area (Å²) in [6.45, 7) is 4.22. The highest BCUT2D eigenvalue weighted by Gasteiger charge is 2.16. The van der Waals surface area contributed by atoms with Crippen LogP contribution in [-0.4, -0.2) is 29.2 Å². The lowest BCUT2D eigenvalue weighted by molar-refractivity contribution is -0.108. The highest BCUT2D eigenvalue weighted by atomic mass is 16.1. The molecule has 0 aromatic carbocycles. The van der Waals surface area contributed by atoms with E-state index in [1.807, 2.05) is 0 Å². The van der Waals surface area contributed by atoms with E-state index < -0.39 is 0 Å². The van der Waals surface area contributed by atoms with Gasteiger partial charge in [0.2, 0.25) is 0 Å². The lowest BCUT2D eigenvalue weighted by atomic mass is 9.99. The van der Waals surface area contributed by atoms with Crippen molar-refractivity contribution < 1.29 is 4.79 Å². The van der Waals surface area contributed by atoms with Crippen molar-refractivity contribution in [2.45, 2.75) is 26.3 Å². The first-order valence-electron chi connectivity index (χ1n) is 5.96. The number of nitrogens with zero attached hydrogens (tertiary/aromatic N) is 3. The molecule has 17 heavy (non-hydrogen) atoms. The van der Waals surface area contributed by atoms with Gasteiger partial charge >= 0.3 is 0 Å². The van der Waals surface area contributed by atoms with Gasteiger partial charge in [-0.05, 0) is 18.8 Å². The Bertz CT molecular complexity index is 447. The number of carbonyl (C=O) groups is 1. The van der Waals surface area contributed by atoms with E-state index in [0.29, 0.717) is 6.29 Å². The van der Waals surface area contributed by atoms with E-state index in [9.17, 15) is 9.59 Å². The molecule has 92 valence electrons. The van der Waals surface area contributed by atoms with E-state index in [2.05, 4.69) is 16.9 Å². The van der Waals surface area contributed by atoms with Gasteiger partial charge in [-0.25, -0.2) is 4.68 Å². The number of aromatic nitrogens is 2. The van der Waals surface area contributed by atoms with Crippen LogP contribution in [0.3, 0.4) is 0 Å². The number of hydrogen-bond acceptors (Lipinski definition) is 4. The molecule has 0 radical (unpaired) electrons. The second-order valence-corrected chi connectivity index (χ2v) is 4.57. The van der Waals surface area contributed by atoms with Crippen molar-refractivity contribution in [3.05, 3.63) is 22.6 Å². The van der Waals surface area contributed by atoms with Crippen molar-refractivity contribution in [3.8, 4) is 0 Å². The number of anilines is 1. The summed E-state index contributed by atoms with van der Waals surface area (Å²) in [6, 6.07) is 1.56. The zero-order chi connectivity index (χ0) is 12.3. The van der Waals surface area contributed by atoms with Crippen LogP contribution in [0.5, 0.6) is 0 Å². The molecule has 5 nitrogen and oxygen atoms in total. The van der Waals surface area contributed by atoms with Gasteiger partial charge in [-0.3, -0.25) is 4.79 Å². The monoisotopic (exact) mass is 235 g/mol. The van der Waals surface area contributed by atoms with E-state index >= 15 is 0 Å². The highest BCUT2D eigenvalue weighted by Crippen LogP contribution is 2.20. The van der Waals surface area contributed by atoms with E-state index in [-0.39, 0.29) is 12.1 Å². The second kappa shape index (κ2) is 5.12. The van der Waals surface area contributed by atoms with Gasteiger partial charge in [0, 0.05) is 19.2 Å². The van der Waals surface area contributed by atoms with Crippen molar-refractivity contribution in [2.75, 3.05) is 18.0 Å². The van der Waals surface area contributed by atoms with Crippen LogP contribution in [0.1, 0.15) is 19.8 Å². The minimum absolute atomic E-state index is 0.0240. The Morgan fingerprint density at radius 2 is 2.18 bits per heavy atom. The number of piperidine rings is 1. The first-order valence-corrected chi connectivity index (χ1v) is 5.96. The molecule has 0 saturated carbocycles. The van der Waals surface area contributed by atoms with E-state index in [1.54, 1.807) is 12.3 Å². The zero-order valence-electron chi connectivity index (χ0n) is 10.0. The third-order valence-electron chi connectivity index (χ3n) is 3.25. The summed E-state index contributed by atoms with van der Waals surface area (Å²) in [6.07, 6.45) is 4.65. The minimum atomic E-state index is -0.215. The van der Waals surface area contributed by atoms with Gasteiger partial charge in [0.1, 0.15) is 12.8 Å². The maximum Gasteiger partial charge on any atom is 0.269 e. The van der Waals surface area contributed by atoms with E-state index in [1.165, 1.54) is 4.68 Å². The maximum atomic E-state index is 11.7. The zero-order valence-corrected chi connectivity index (χ0v) is 10.0. The molecule has 1 aliphatic heterocycles. The van der Waals surface area contributed by atoms with E-state index in [0.717, 1.165) is 37.5 Å². The summed E-state index contributed by atoms with van der Waals surface area (Å²) >= 11 is 0. The fraction of sp³-hybridized carbons (Fsp3) is 0.583. The van der Waals surface area contributed by atoms with Crippen LogP contribution in [0.25, 0.3) is 0 Å². The third-order valence-corrected chi connectivity index (χ3v) is 3.25. The van der Waals surface area contributed by atoms with Crippen molar-refractivity contribution in [3.63, 3.8) is 0 Å². The minimum Gasteiger partial charge on any atom is -0.370 e. The van der Waals surface area contributed by atoms with Gasteiger partial charge in [0.15, 0.2) is 0 Å². The standard InChI is InChI=1S/C12H17N3O2/c1-10-2-4-14(5-3-10)11-8-12(17)15(6-7-16)13-9-11/h7-10H,2-6H2,1H3. The Labute approximate surface area is 100 Å². The summed E-state index contributed by atoms with van der Waals surface area (Å²) in [5, 5.41) is 3.99. The van der Waals surface area contributed by atoms with Gasteiger partial charge < -0.3 is 9.69 Å². The molecule has 0 aliphatic carbocycles. The molecule has 0 atom stereocenters. The molecule has 1 aromatic rings. The molecule has 0 spiro atoms. The van der Waals surface area contributed by atoms with Crippen molar-refractivity contribution in [1.82, 2.24) is 9.78 Å². The van der Waals surface area contributed by atoms with Crippen molar-refractivity contribution in [1.29, 1.82) is 0 Å². The molecule has 1 aromatic heterocycles. The Morgan fingerprint density at radius 1 is 1.47 bits per heavy atom. The summed E-state index contributed by atoms with van der Waals surface area (Å²) in [5.74, 6) is 0.759. The van der Waals surface area contributed by atoms with Crippen LogP contribution >= 0.6 is 0 Å². The summed E-state index contributed by atoms with van der Waals surface area (Å²) < 4.78 is 1.17. The Morgan fingerprint density at radius 3 is 2.76 bits per heavy atom. The molecular weight excluding hydrogens is 218 g/mol. The molecule has 2 rings (SSSR count). The first kappa shape index (κ1) is 11.8. The molecule has 0 N–H and O–H groups in total. The lowest BCUT2D eigenvalue weighted by Gasteiger charge is -2.31. The SMILES string of the molecule is CC1CCN(c2cnn(CC=O)c(=O)c2)CC1. The predicted octanol–water partition coefficient (Wildman–Crippen LogP) is 0.678. The molecule has 5 heteroatoms. The van der Waals surface area contributed by atoms with Crippen LogP contribution < -0.4 is 10.5 Å². The highest BCUT2D eigenvalue weighted by molar-refractivity contribution is 5.49. The van der Waals surface area contributed by atoms with Crippen molar-refractivity contribution >= 4 is 12.0 Å². The van der Waals surface area contributed by atoms with Crippen LogP contribution in [0.2, 0.25) is 0 Å². The average Bonchev–Trinajstić information content (AvgIpc) is 2.33. The van der Waals surface area contributed by atoms with Gasteiger partial charge in [-0.2, -0.15) is 5.10 Å². The first-order chi connectivity index (χ1) is 8.20. The molecular formula is C12H17N3O2. The quantitative estimate of drug-likeness (QED) is 0.723. The van der Waals surface area contributed by atoms with Gasteiger partial charge in [0.25, 0.3) is 5.56 Å². The Kier molecular flexibility index (Phi) is 3.56. The fourth-order valence-electron chi connectivity index (χ4n) is 2.07. The summed E-state index contributed by atoms with van der Waals surface area (Å²) in [4.78, 5) is 24.2. The smallest absolute Gasteiger partial charge is 0.269 e. The molecule has 0 bridgehead atoms. The molecule has 1 fully saturated rings. The molecule has 0 unspecified atom stereocenters. The largest absolute Gasteiger partial charge is 0.370 e.